The van der Waals surface area contributed by atoms with Crippen molar-refractivity contribution in [3.63, 3.8) is 0 Å². The second-order valence-electron chi connectivity index (χ2n) is 8.62. The summed E-state index contributed by atoms with van der Waals surface area (Å²) in [5.41, 5.74) is -0.0725. The number of nitrogens with one attached hydrogen (secondary N) is 1. The van der Waals surface area contributed by atoms with E-state index in [1.807, 2.05) is 0 Å². The molecule has 0 aliphatic heterocycles. The number of nitrogens with zero attached hydrogens (tertiary/aromatic N) is 3. The fourth-order valence-electron chi connectivity index (χ4n) is 4.15. The van der Waals surface area contributed by atoms with Crippen LogP contribution in [0.5, 0.6) is 0 Å². The highest BCUT2D eigenvalue weighted by Crippen LogP contribution is 2.39. The van der Waals surface area contributed by atoms with Crippen molar-refractivity contribution in [2.45, 2.75) is 51.8 Å². The number of esters is 1. The molecule has 0 fully saturated rings. The highest BCUT2D eigenvalue weighted by atomic mass is 32.1. The van der Waals surface area contributed by atoms with Gasteiger partial charge in [-0.1, -0.05) is 6.07 Å². The van der Waals surface area contributed by atoms with Crippen LogP contribution in [0.1, 0.15) is 63.7 Å². The Kier molecular flexibility index (Phi) is 6.33. The van der Waals surface area contributed by atoms with Gasteiger partial charge in [0.2, 0.25) is 0 Å². The average molecular weight is 535 g/mol. The summed E-state index contributed by atoms with van der Waals surface area (Å²) >= 11 is 2.55. The molecule has 0 unspecified atom stereocenters. The van der Waals surface area contributed by atoms with E-state index >= 15 is 0 Å². The lowest BCUT2D eigenvalue weighted by Crippen LogP contribution is -2.18. The molecule has 1 aliphatic rings. The Morgan fingerprint density at radius 1 is 1.19 bits per heavy atom. The van der Waals surface area contributed by atoms with Crippen LogP contribution in [0.25, 0.3) is 16.2 Å². The van der Waals surface area contributed by atoms with Crippen molar-refractivity contribution in [1.29, 1.82) is 0 Å². The summed E-state index contributed by atoms with van der Waals surface area (Å²) in [5, 5.41) is 8.67. The number of hydrogen-bond acceptors (Lipinski definition) is 7. The molecular formula is C24H21F3N4O3S2. The third-order valence-corrected chi connectivity index (χ3v) is 7.77. The molecular weight excluding hydrogens is 513 g/mol. The van der Waals surface area contributed by atoms with Crippen LogP contribution in [0.3, 0.4) is 0 Å². The van der Waals surface area contributed by atoms with Gasteiger partial charge in [0, 0.05) is 10.9 Å². The van der Waals surface area contributed by atoms with E-state index in [9.17, 15) is 22.8 Å². The highest BCUT2D eigenvalue weighted by molar-refractivity contribution is 7.17. The largest absolute Gasteiger partial charge is 0.459 e. The molecule has 5 rings (SSSR count). The van der Waals surface area contributed by atoms with Crippen molar-refractivity contribution >= 4 is 45.2 Å². The summed E-state index contributed by atoms with van der Waals surface area (Å²) < 4.78 is 47.5. The van der Waals surface area contributed by atoms with Crippen LogP contribution in [0, 0.1) is 0 Å². The van der Waals surface area contributed by atoms with Crippen LogP contribution in [0.2, 0.25) is 0 Å². The van der Waals surface area contributed by atoms with E-state index in [2.05, 4.69) is 15.4 Å². The Morgan fingerprint density at radius 2 is 1.97 bits per heavy atom. The number of fused-ring (bicyclic) bond motifs is 2. The first-order valence-corrected chi connectivity index (χ1v) is 13.0. The number of amides is 1. The molecule has 0 bridgehead atoms. The number of aromatic nitrogens is 3. The molecule has 4 aromatic rings. The van der Waals surface area contributed by atoms with Crippen LogP contribution < -0.4 is 5.32 Å². The predicted molar refractivity (Wildman–Crippen MR) is 131 cm³/mol. The van der Waals surface area contributed by atoms with Crippen molar-refractivity contribution in [3.8, 4) is 10.6 Å². The minimum atomic E-state index is -4.71. The van der Waals surface area contributed by atoms with Gasteiger partial charge in [-0.15, -0.1) is 22.7 Å². The van der Waals surface area contributed by atoms with Crippen LogP contribution in [-0.2, 0) is 23.8 Å². The third-order valence-electron chi connectivity index (χ3n) is 5.67. The lowest BCUT2D eigenvalue weighted by Gasteiger charge is -2.14. The number of anilines is 1. The van der Waals surface area contributed by atoms with Gasteiger partial charge in [0.15, 0.2) is 17.0 Å². The lowest BCUT2D eigenvalue weighted by molar-refractivity contribution is -0.142. The van der Waals surface area contributed by atoms with Crippen molar-refractivity contribution < 1.29 is 27.5 Å². The SMILES string of the molecule is CC(C)OC(=O)c1c(NC(=O)c2cc3nc(-c4cccs4)cc(C(F)(F)F)n3n2)sc2c1CCCC2. The first-order chi connectivity index (χ1) is 17.1. The van der Waals surface area contributed by atoms with Gasteiger partial charge in [-0.25, -0.2) is 14.3 Å². The molecule has 36 heavy (non-hydrogen) atoms. The molecule has 12 heteroatoms. The van der Waals surface area contributed by atoms with Gasteiger partial charge in [-0.3, -0.25) is 4.79 Å². The van der Waals surface area contributed by atoms with E-state index < -0.39 is 23.7 Å². The zero-order valence-corrected chi connectivity index (χ0v) is 20.9. The first kappa shape index (κ1) is 24.4. The van der Waals surface area contributed by atoms with Crippen LogP contribution in [0.15, 0.2) is 29.6 Å². The van der Waals surface area contributed by atoms with E-state index in [0.29, 0.717) is 26.4 Å². The standard InChI is InChI=1S/C24H21F3N4O3S2/c1-12(2)34-23(33)20-13-6-3-4-7-16(13)36-22(20)29-21(32)15-11-19-28-14(17-8-5-9-35-17)10-18(24(25,26)27)31(19)30-15/h5,8-12H,3-4,6-7H2,1-2H3,(H,29,32). The van der Waals surface area contributed by atoms with Crippen molar-refractivity contribution in [1.82, 2.24) is 14.6 Å². The van der Waals surface area contributed by atoms with Gasteiger partial charge in [-0.05, 0) is 62.6 Å². The zero-order valence-electron chi connectivity index (χ0n) is 19.3. The lowest BCUT2D eigenvalue weighted by atomic mass is 9.95. The molecule has 0 radical (unpaired) electrons. The second-order valence-corrected chi connectivity index (χ2v) is 10.7. The summed E-state index contributed by atoms with van der Waals surface area (Å²) in [5.74, 6) is -1.26. The summed E-state index contributed by atoms with van der Waals surface area (Å²) in [7, 11) is 0. The molecule has 1 amide bonds. The number of alkyl halides is 3. The van der Waals surface area contributed by atoms with Gasteiger partial charge in [0.25, 0.3) is 5.91 Å². The van der Waals surface area contributed by atoms with Crippen molar-refractivity contribution in [2.24, 2.45) is 0 Å². The Balaban J connectivity index is 1.53. The monoisotopic (exact) mass is 534 g/mol. The quantitative estimate of drug-likeness (QED) is 0.307. The minimum absolute atomic E-state index is 0.108. The van der Waals surface area contributed by atoms with E-state index in [1.54, 1.807) is 31.4 Å². The number of carbonyl (C=O) groups excluding carboxylic acids is 2. The Morgan fingerprint density at radius 3 is 2.67 bits per heavy atom. The van der Waals surface area contributed by atoms with E-state index in [-0.39, 0.29) is 23.1 Å². The van der Waals surface area contributed by atoms with Gasteiger partial charge in [0.05, 0.1) is 22.2 Å². The van der Waals surface area contributed by atoms with Gasteiger partial charge < -0.3 is 10.1 Å². The number of halogens is 3. The van der Waals surface area contributed by atoms with E-state index in [1.165, 1.54) is 28.7 Å². The van der Waals surface area contributed by atoms with Gasteiger partial charge in [0.1, 0.15) is 5.00 Å². The van der Waals surface area contributed by atoms with Gasteiger partial charge >= 0.3 is 12.1 Å². The number of ether oxygens (including phenoxy) is 1. The van der Waals surface area contributed by atoms with Crippen molar-refractivity contribution in [3.05, 3.63) is 57.0 Å². The topological polar surface area (TPSA) is 85.6 Å². The summed E-state index contributed by atoms with van der Waals surface area (Å²) in [6.07, 6.45) is -1.68. The average Bonchev–Trinajstić information content (AvgIpc) is 3.54. The molecule has 7 nitrogen and oxygen atoms in total. The molecule has 0 saturated carbocycles. The minimum Gasteiger partial charge on any atom is -0.459 e. The number of thiophene rings is 2. The summed E-state index contributed by atoms with van der Waals surface area (Å²) in [6.45, 7) is 3.47. The molecule has 188 valence electrons. The third kappa shape index (κ3) is 4.62. The smallest absolute Gasteiger partial charge is 0.433 e. The summed E-state index contributed by atoms with van der Waals surface area (Å²) in [6, 6.07) is 5.52. The normalized spacial score (nSPS) is 13.7. The number of rotatable bonds is 5. The molecule has 0 aromatic carbocycles. The maximum absolute atomic E-state index is 13.8. The maximum Gasteiger partial charge on any atom is 0.433 e. The Labute approximate surface area is 211 Å². The molecule has 4 heterocycles. The Hall–Kier alpha value is -3.25. The van der Waals surface area contributed by atoms with Crippen molar-refractivity contribution in [2.75, 3.05) is 5.32 Å². The molecule has 4 aromatic heterocycles. The number of carbonyl (C=O) groups is 2. The second kappa shape index (κ2) is 9.32. The number of aryl methyl sites for hydroxylation is 1. The van der Waals surface area contributed by atoms with Crippen LogP contribution >= 0.6 is 22.7 Å². The zero-order chi connectivity index (χ0) is 25.6. The van der Waals surface area contributed by atoms with Crippen LogP contribution in [-0.4, -0.2) is 32.6 Å². The van der Waals surface area contributed by atoms with Crippen LogP contribution in [0.4, 0.5) is 18.2 Å². The first-order valence-electron chi connectivity index (χ1n) is 11.3. The Bertz CT molecular complexity index is 1460. The number of hydrogen-bond donors (Lipinski definition) is 1. The summed E-state index contributed by atoms with van der Waals surface area (Å²) in [4.78, 5) is 31.8. The molecule has 1 N–H and O–H groups in total. The maximum atomic E-state index is 13.8. The molecule has 0 atom stereocenters. The van der Waals surface area contributed by atoms with E-state index in [4.69, 9.17) is 4.74 Å². The fourth-order valence-corrected chi connectivity index (χ4v) is 6.11. The fraction of sp³-hybridized carbons (Fsp3) is 0.333. The van der Waals surface area contributed by atoms with E-state index in [0.717, 1.165) is 35.8 Å². The molecule has 0 spiro atoms. The molecule has 0 saturated heterocycles. The predicted octanol–water partition coefficient (Wildman–Crippen LogP) is 6.23. The molecule has 1 aliphatic carbocycles. The highest BCUT2D eigenvalue weighted by Gasteiger charge is 2.36. The van der Waals surface area contributed by atoms with Gasteiger partial charge in [-0.2, -0.15) is 18.3 Å².